The van der Waals surface area contributed by atoms with Gasteiger partial charge in [-0.3, -0.25) is 0 Å². The highest BCUT2D eigenvalue weighted by Crippen LogP contribution is 2.20. The Morgan fingerprint density at radius 1 is 1.04 bits per heavy atom. The van der Waals surface area contributed by atoms with Gasteiger partial charge in [0.05, 0.1) is 6.54 Å². The van der Waals surface area contributed by atoms with Gasteiger partial charge in [-0.15, -0.1) is 0 Å². The molecule has 2 aromatic carbocycles. The predicted octanol–water partition coefficient (Wildman–Crippen LogP) is 3.66. The van der Waals surface area contributed by atoms with E-state index in [0.29, 0.717) is 24.1 Å². The van der Waals surface area contributed by atoms with Crippen molar-refractivity contribution >= 4 is 5.96 Å². The summed E-state index contributed by atoms with van der Waals surface area (Å²) in [5, 5.41) is 3.10. The van der Waals surface area contributed by atoms with E-state index in [1.807, 2.05) is 24.3 Å². The van der Waals surface area contributed by atoms with E-state index in [-0.39, 0.29) is 5.82 Å². The van der Waals surface area contributed by atoms with Crippen molar-refractivity contribution in [2.24, 2.45) is 10.7 Å². The first-order valence-electron chi connectivity index (χ1n) is 8.65. The van der Waals surface area contributed by atoms with Crippen LogP contribution in [0.3, 0.4) is 0 Å². The SMILES string of the molecule is NC(=NCc1ccc(Oc2cccc(F)c2)nc1)NCCc1ccccc1. The number of nitrogens with one attached hydrogen (secondary N) is 1. The molecule has 0 saturated heterocycles. The molecule has 1 aromatic heterocycles. The zero-order valence-corrected chi connectivity index (χ0v) is 14.8. The van der Waals surface area contributed by atoms with Gasteiger partial charge in [-0.25, -0.2) is 14.4 Å². The van der Waals surface area contributed by atoms with Gasteiger partial charge in [0.2, 0.25) is 5.88 Å². The summed E-state index contributed by atoms with van der Waals surface area (Å²) in [5.41, 5.74) is 8.03. The lowest BCUT2D eigenvalue weighted by atomic mass is 10.1. The second kappa shape index (κ2) is 9.33. The monoisotopic (exact) mass is 364 g/mol. The number of nitrogens with zero attached hydrogens (tertiary/aromatic N) is 2. The summed E-state index contributed by atoms with van der Waals surface area (Å²) in [6.07, 6.45) is 2.54. The number of aromatic nitrogens is 1. The van der Waals surface area contributed by atoms with Gasteiger partial charge >= 0.3 is 0 Å². The zero-order valence-electron chi connectivity index (χ0n) is 14.8. The summed E-state index contributed by atoms with van der Waals surface area (Å²) >= 11 is 0. The van der Waals surface area contributed by atoms with Crippen LogP contribution in [0.1, 0.15) is 11.1 Å². The Kier molecular flexibility index (Phi) is 6.35. The molecule has 0 amide bonds. The predicted molar refractivity (Wildman–Crippen MR) is 104 cm³/mol. The van der Waals surface area contributed by atoms with E-state index < -0.39 is 0 Å². The first-order valence-corrected chi connectivity index (χ1v) is 8.65. The van der Waals surface area contributed by atoms with E-state index in [2.05, 4.69) is 27.4 Å². The topological polar surface area (TPSA) is 72.5 Å². The van der Waals surface area contributed by atoms with E-state index in [1.165, 1.54) is 17.7 Å². The van der Waals surface area contributed by atoms with Crippen molar-refractivity contribution < 1.29 is 9.13 Å². The quantitative estimate of drug-likeness (QED) is 0.496. The number of halogens is 1. The van der Waals surface area contributed by atoms with Crippen LogP contribution in [-0.4, -0.2) is 17.5 Å². The van der Waals surface area contributed by atoms with Crippen molar-refractivity contribution in [2.45, 2.75) is 13.0 Å². The summed E-state index contributed by atoms with van der Waals surface area (Å²) in [5.74, 6) is 0.835. The summed E-state index contributed by atoms with van der Waals surface area (Å²) in [7, 11) is 0. The summed E-state index contributed by atoms with van der Waals surface area (Å²) in [6, 6.07) is 19.7. The molecule has 3 aromatic rings. The van der Waals surface area contributed by atoms with Crippen molar-refractivity contribution in [3.05, 3.63) is 89.9 Å². The third-order valence-electron chi connectivity index (χ3n) is 3.81. The van der Waals surface area contributed by atoms with Crippen LogP contribution in [0.5, 0.6) is 11.6 Å². The molecule has 5 nitrogen and oxygen atoms in total. The number of pyridine rings is 1. The third kappa shape index (κ3) is 6.11. The Morgan fingerprint density at radius 2 is 1.89 bits per heavy atom. The average Bonchev–Trinajstić information content (AvgIpc) is 2.68. The Bertz CT molecular complexity index is 882. The Hall–Kier alpha value is -3.41. The van der Waals surface area contributed by atoms with Gasteiger partial charge in [0.15, 0.2) is 5.96 Å². The number of hydrogen-bond acceptors (Lipinski definition) is 3. The molecule has 0 saturated carbocycles. The van der Waals surface area contributed by atoms with Crippen LogP contribution in [0.15, 0.2) is 77.9 Å². The molecular weight excluding hydrogens is 343 g/mol. The number of hydrogen-bond donors (Lipinski definition) is 2. The van der Waals surface area contributed by atoms with Crippen molar-refractivity contribution in [2.75, 3.05) is 6.54 Å². The van der Waals surface area contributed by atoms with Crippen LogP contribution in [0.4, 0.5) is 4.39 Å². The first kappa shape index (κ1) is 18.4. The molecule has 0 fully saturated rings. The molecule has 0 bridgehead atoms. The molecule has 6 heteroatoms. The van der Waals surface area contributed by atoms with E-state index in [9.17, 15) is 4.39 Å². The maximum absolute atomic E-state index is 13.2. The fourth-order valence-corrected chi connectivity index (χ4v) is 2.43. The fraction of sp³-hybridized carbons (Fsp3) is 0.143. The molecule has 0 aliphatic rings. The highest BCUT2D eigenvalue weighted by molar-refractivity contribution is 5.77. The molecule has 3 rings (SSSR count). The molecule has 0 aliphatic heterocycles. The normalized spacial score (nSPS) is 11.2. The molecule has 0 atom stereocenters. The molecule has 0 unspecified atom stereocenters. The van der Waals surface area contributed by atoms with Gasteiger partial charge in [-0.05, 0) is 29.7 Å². The second-order valence-corrected chi connectivity index (χ2v) is 5.93. The van der Waals surface area contributed by atoms with Crippen molar-refractivity contribution in [1.29, 1.82) is 0 Å². The smallest absolute Gasteiger partial charge is 0.219 e. The summed E-state index contributed by atoms with van der Waals surface area (Å²) < 4.78 is 18.7. The Morgan fingerprint density at radius 3 is 2.63 bits per heavy atom. The lowest BCUT2D eigenvalue weighted by Gasteiger charge is -2.07. The lowest BCUT2D eigenvalue weighted by molar-refractivity contribution is 0.457. The fourth-order valence-electron chi connectivity index (χ4n) is 2.43. The zero-order chi connectivity index (χ0) is 18.9. The minimum absolute atomic E-state index is 0.353. The van der Waals surface area contributed by atoms with Crippen molar-refractivity contribution in [3.8, 4) is 11.6 Å². The number of benzene rings is 2. The first-order chi connectivity index (χ1) is 13.2. The molecular formula is C21H21FN4O. The van der Waals surface area contributed by atoms with E-state index >= 15 is 0 Å². The van der Waals surface area contributed by atoms with Gasteiger partial charge in [0.25, 0.3) is 0 Å². The van der Waals surface area contributed by atoms with Gasteiger partial charge < -0.3 is 15.8 Å². The van der Waals surface area contributed by atoms with Crippen LogP contribution in [0, 0.1) is 5.82 Å². The number of rotatable bonds is 7. The van der Waals surface area contributed by atoms with E-state index in [4.69, 9.17) is 10.5 Å². The maximum atomic E-state index is 13.2. The van der Waals surface area contributed by atoms with Crippen molar-refractivity contribution in [3.63, 3.8) is 0 Å². The Balaban J connectivity index is 1.46. The highest BCUT2D eigenvalue weighted by Gasteiger charge is 2.01. The molecule has 0 radical (unpaired) electrons. The standard InChI is InChI=1S/C21H21FN4O/c22-18-7-4-8-19(13-18)27-20-10-9-17(14-25-20)15-26-21(23)24-12-11-16-5-2-1-3-6-16/h1-10,13-14H,11-12,15H2,(H3,23,24,26). The molecule has 0 aliphatic carbocycles. The minimum atomic E-state index is -0.353. The van der Waals surface area contributed by atoms with Crippen LogP contribution in [0.25, 0.3) is 0 Å². The maximum Gasteiger partial charge on any atom is 0.219 e. The van der Waals surface area contributed by atoms with Gasteiger partial charge in [-0.1, -0.05) is 42.5 Å². The number of nitrogens with two attached hydrogens (primary N) is 1. The number of ether oxygens (including phenoxy) is 1. The van der Waals surface area contributed by atoms with Gasteiger partial charge in [0, 0.05) is 24.9 Å². The van der Waals surface area contributed by atoms with Crippen LogP contribution in [-0.2, 0) is 13.0 Å². The largest absolute Gasteiger partial charge is 0.439 e. The van der Waals surface area contributed by atoms with E-state index in [0.717, 1.165) is 18.5 Å². The van der Waals surface area contributed by atoms with Crippen LogP contribution < -0.4 is 15.8 Å². The number of guanidine groups is 1. The highest BCUT2D eigenvalue weighted by atomic mass is 19.1. The molecule has 27 heavy (non-hydrogen) atoms. The summed E-state index contributed by atoms with van der Waals surface area (Å²) in [6.45, 7) is 1.13. The molecule has 0 spiro atoms. The average molecular weight is 364 g/mol. The van der Waals surface area contributed by atoms with Crippen molar-refractivity contribution in [1.82, 2.24) is 10.3 Å². The molecule has 138 valence electrons. The summed E-state index contributed by atoms with van der Waals surface area (Å²) in [4.78, 5) is 8.51. The Labute approximate surface area is 157 Å². The minimum Gasteiger partial charge on any atom is -0.439 e. The molecule has 1 heterocycles. The van der Waals surface area contributed by atoms with Crippen LogP contribution in [0.2, 0.25) is 0 Å². The number of aliphatic imine (C=N–C) groups is 1. The van der Waals surface area contributed by atoms with E-state index in [1.54, 1.807) is 24.4 Å². The second-order valence-electron chi connectivity index (χ2n) is 5.93. The van der Waals surface area contributed by atoms with Gasteiger partial charge in [0.1, 0.15) is 11.6 Å². The molecule has 3 N–H and O–H groups in total. The van der Waals surface area contributed by atoms with Gasteiger partial charge in [-0.2, -0.15) is 0 Å². The lowest BCUT2D eigenvalue weighted by Crippen LogP contribution is -2.33. The van der Waals surface area contributed by atoms with Crippen LogP contribution >= 0.6 is 0 Å². The third-order valence-corrected chi connectivity index (χ3v) is 3.81.